The van der Waals surface area contributed by atoms with Crippen LogP contribution in [0.25, 0.3) is 0 Å². The lowest BCUT2D eigenvalue weighted by Crippen LogP contribution is -2.25. The topological polar surface area (TPSA) is 35.2 Å². The third-order valence-corrected chi connectivity index (χ3v) is 4.34. The van der Waals surface area contributed by atoms with E-state index in [0.717, 1.165) is 25.2 Å². The van der Waals surface area contributed by atoms with Crippen molar-refractivity contribution in [3.8, 4) is 5.75 Å². The fourth-order valence-electron chi connectivity index (χ4n) is 3.17. The molecule has 0 saturated carbocycles. The van der Waals surface area contributed by atoms with Crippen molar-refractivity contribution in [1.29, 1.82) is 0 Å². The first-order valence-electron chi connectivity index (χ1n) is 7.85. The molecule has 2 aromatic carbocycles. The van der Waals surface area contributed by atoms with E-state index in [1.54, 1.807) is 0 Å². The van der Waals surface area contributed by atoms with Crippen LogP contribution in [0.3, 0.4) is 0 Å². The lowest BCUT2D eigenvalue weighted by molar-refractivity contribution is 0.255. The number of rotatable bonds is 4. The van der Waals surface area contributed by atoms with Crippen LogP contribution in [0.5, 0.6) is 5.75 Å². The van der Waals surface area contributed by atoms with Crippen molar-refractivity contribution in [2.75, 3.05) is 6.61 Å². The Bertz CT molecular complexity index is 591. The summed E-state index contributed by atoms with van der Waals surface area (Å²) in [6, 6.07) is 17.1. The highest BCUT2D eigenvalue weighted by atomic mass is 16.5. The molecule has 0 aliphatic carbocycles. The molecule has 2 atom stereocenters. The highest BCUT2D eigenvalue weighted by Gasteiger charge is 2.27. The van der Waals surface area contributed by atoms with Crippen molar-refractivity contribution in [3.05, 3.63) is 65.2 Å². The van der Waals surface area contributed by atoms with Gasteiger partial charge in [0.2, 0.25) is 0 Å². The molecule has 21 heavy (non-hydrogen) atoms. The molecule has 0 bridgehead atoms. The van der Waals surface area contributed by atoms with Gasteiger partial charge in [0.05, 0.1) is 6.61 Å². The Kier molecular flexibility index (Phi) is 4.26. The van der Waals surface area contributed by atoms with E-state index in [1.165, 1.54) is 23.1 Å². The van der Waals surface area contributed by atoms with Gasteiger partial charge < -0.3 is 10.5 Å². The van der Waals surface area contributed by atoms with E-state index in [2.05, 4.69) is 43.3 Å². The van der Waals surface area contributed by atoms with Crippen molar-refractivity contribution >= 4 is 0 Å². The molecule has 1 aliphatic rings. The first-order chi connectivity index (χ1) is 10.3. The molecular weight excluding hydrogens is 258 g/mol. The van der Waals surface area contributed by atoms with Crippen LogP contribution >= 0.6 is 0 Å². The van der Waals surface area contributed by atoms with Gasteiger partial charge in [0.15, 0.2) is 0 Å². The number of fused-ring (bicyclic) bond motifs is 1. The van der Waals surface area contributed by atoms with Crippen molar-refractivity contribution in [2.24, 2.45) is 5.73 Å². The van der Waals surface area contributed by atoms with Gasteiger partial charge in [-0.05, 0) is 35.6 Å². The van der Waals surface area contributed by atoms with Gasteiger partial charge in [0.1, 0.15) is 5.75 Å². The normalized spacial score (nSPS) is 18.7. The highest BCUT2D eigenvalue weighted by molar-refractivity contribution is 5.40. The van der Waals surface area contributed by atoms with E-state index in [1.807, 2.05) is 12.1 Å². The number of hydrogen-bond acceptors (Lipinski definition) is 2. The predicted octanol–water partition coefficient (Wildman–Crippen LogP) is 4.21. The molecule has 1 aliphatic heterocycles. The molecule has 0 spiro atoms. The molecule has 0 fully saturated rings. The largest absolute Gasteiger partial charge is 0.493 e. The second-order valence-electron chi connectivity index (χ2n) is 5.80. The number of ether oxygens (including phenoxy) is 1. The summed E-state index contributed by atoms with van der Waals surface area (Å²) in [7, 11) is 0. The van der Waals surface area contributed by atoms with Gasteiger partial charge >= 0.3 is 0 Å². The summed E-state index contributed by atoms with van der Waals surface area (Å²) in [5.74, 6) is 1.33. The van der Waals surface area contributed by atoms with Crippen molar-refractivity contribution in [2.45, 2.75) is 38.1 Å². The minimum Gasteiger partial charge on any atom is -0.493 e. The standard InChI is InChI=1S/C19H23NO/c1-2-5-14-8-10-15(11-9-14)19(20)17-12-13-21-18-7-4-3-6-16(17)18/h3-4,6-11,17,19H,2,5,12-13,20H2,1H3. The van der Waals surface area contributed by atoms with Gasteiger partial charge in [-0.15, -0.1) is 0 Å². The molecule has 0 amide bonds. The summed E-state index contributed by atoms with van der Waals surface area (Å²) >= 11 is 0. The highest BCUT2D eigenvalue weighted by Crippen LogP contribution is 2.40. The molecular formula is C19H23NO. The number of nitrogens with two attached hydrogens (primary N) is 1. The van der Waals surface area contributed by atoms with Crippen LogP contribution in [0.1, 0.15) is 48.4 Å². The third-order valence-electron chi connectivity index (χ3n) is 4.34. The van der Waals surface area contributed by atoms with Crippen LogP contribution in [0.4, 0.5) is 0 Å². The number of benzene rings is 2. The zero-order chi connectivity index (χ0) is 14.7. The van der Waals surface area contributed by atoms with E-state index in [-0.39, 0.29) is 6.04 Å². The average molecular weight is 281 g/mol. The number of para-hydroxylation sites is 1. The van der Waals surface area contributed by atoms with Gasteiger partial charge in [-0.25, -0.2) is 0 Å². The zero-order valence-corrected chi connectivity index (χ0v) is 12.6. The molecule has 2 heteroatoms. The summed E-state index contributed by atoms with van der Waals surface area (Å²) in [5.41, 5.74) is 10.4. The Morgan fingerprint density at radius 1 is 1.14 bits per heavy atom. The molecule has 0 saturated heterocycles. The minimum absolute atomic E-state index is 0.0331. The van der Waals surface area contributed by atoms with E-state index < -0.39 is 0 Å². The van der Waals surface area contributed by atoms with Gasteiger partial charge in [-0.1, -0.05) is 55.8 Å². The molecule has 2 unspecified atom stereocenters. The van der Waals surface area contributed by atoms with Crippen LogP contribution in [-0.4, -0.2) is 6.61 Å². The van der Waals surface area contributed by atoms with Crippen LogP contribution in [-0.2, 0) is 6.42 Å². The smallest absolute Gasteiger partial charge is 0.122 e. The Labute approximate surface area is 126 Å². The number of aryl methyl sites for hydroxylation is 1. The summed E-state index contributed by atoms with van der Waals surface area (Å²) in [6.45, 7) is 2.96. The Morgan fingerprint density at radius 3 is 2.67 bits per heavy atom. The quantitative estimate of drug-likeness (QED) is 0.911. The van der Waals surface area contributed by atoms with Gasteiger partial charge in [-0.2, -0.15) is 0 Å². The third kappa shape index (κ3) is 2.96. The van der Waals surface area contributed by atoms with Gasteiger partial charge in [-0.3, -0.25) is 0 Å². The van der Waals surface area contributed by atoms with Crippen molar-refractivity contribution < 1.29 is 4.74 Å². The lowest BCUT2D eigenvalue weighted by atomic mass is 9.83. The first kappa shape index (κ1) is 14.2. The maximum atomic E-state index is 6.55. The number of hydrogen-bond donors (Lipinski definition) is 1. The van der Waals surface area contributed by atoms with E-state index in [9.17, 15) is 0 Å². The molecule has 0 aromatic heterocycles. The summed E-state index contributed by atoms with van der Waals surface area (Å²) < 4.78 is 5.74. The Morgan fingerprint density at radius 2 is 1.90 bits per heavy atom. The predicted molar refractivity (Wildman–Crippen MR) is 86.7 cm³/mol. The summed E-state index contributed by atoms with van der Waals surface area (Å²) in [5, 5.41) is 0. The van der Waals surface area contributed by atoms with E-state index in [4.69, 9.17) is 10.5 Å². The van der Waals surface area contributed by atoms with Crippen LogP contribution in [0, 0.1) is 0 Å². The SMILES string of the molecule is CCCc1ccc(C(N)C2CCOc3ccccc32)cc1. The minimum atomic E-state index is 0.0331. The average Bonchev–Trinajstić information content (AvgIpc) is 2.55. The van der Waals surface area contributed by atoms with Crippen LogP contribution in [0.15, 0.2) is 48.5 Å². The fraction of sp³-hybridized carbons (Fsp3) is 0.368. The summed E-state index contributed by atoms with van der Waals surface area (Å²) in [4.78, 5) is 0. The molecule has 110 valence electrons. The van der Waals surface area contributed by atoms with Crippen LogP contribution in [0.2, 0.25) is 0 Å². The Balaban J connectivity index is 1.84. The van der Waals surface area contributed by atoms with Gasteiger partial charge in [0, 0.05) is 12.0 Å². The van der Waals surface area contributed by atoms with Crippen molar-refractivity contribution in [1.82, 2.24) is 0 Å². The Hall–Kier alpha value is -1.80. The van der Waals surface area contributed by atoms with Gasteiger partial charge in [0.25, 0.3) is 0 Å². The molecule has 0 radical (unpaired) electrons. The molecule has 1 heterocycles. The maximum absolute atomic E-state index is 6.55. The van der Waals surface area contributed by atoms with Crippen molar-refractivity contribution in [3.63, 3.8) is 0 Å². The lowest BCUT2D eigenvalue weighted by Gasteiger charge is -2.30. The first-order valence-corrected chi connectivity index (χ1v) is 7.85. The summed E-state index contributed by atoms with van der Waals surface area (Å²) in [6.07, 6.45) is 3.29. The fourth-order valence-corrected chi connectivity index (χ4v) is 3.17. The zero-order valence-electron chi connectivity index (χ0n) is 12.6. The van der Waals surface area contributed by atoms with E-state index in [0.29, 0.717) is 5.92 Å². The maximum Gasteiger partial charge on any atom is 0.122 e. The second-order valence-corrected chi connectivity index (χ2v) is 5.80. The monoisotopic (exact) mass is 281 g/mol. The second kappa shape index (κ2) is 6.31. The molecule has 3 rings (SSSR count). The molecule has 2 nitrogen and oxygen atoms in total. The molecule has 2 aromatic rings. The molecule has 2 N–H and O–H groups in total. The van der Waals surface area contributed by atoms with Crippen LogP contribution < -0.4 is 10.5 Å². The van der Waals surface area contributed by atoms with E-state index >= 15 is 0 Å².